The lowest BCUT2D eigenvalue weighted by Crippen LogP contribution is -2.23. The number of hydrogen-bond donors (Lipinski definition) is 0. The Kier molecular flexibility index (Phi) is 5.86. The van der Waals surface area contributed by atoms with Gasteiger partial charge in [-0.15, -0.1) is 0 Å². The van der Waals surface area contributed by atoms with Gasteiger partial charge in [0, 0.05) is 6.42 Å². The SMILES string of the molecule is CCCCCC(=O)OOC(C)(C)c1ccccc1. The first-order valence-corrected chi connectivity index (χ1v) is 6.50. The van der Waals surface area contributed by atoms with Crippen molar-refractivity contribution < 1.29 is 14.6 Å². The quantitative estimate of drug-likeness (QED) is 0.417. The zero-order valence-corrected chi connectivity index (χ0v) is 11.4. The molecule has 0 radical (unpaired) electrons. The van der Waals surface area contributed by atoms with E-state index in [1.54, 1.807) is 0 Å². The third-order valence-electron chi connectivity index (χ3n) is 2.80. The monoisotopic (exact) mass is 250 g/mol. The Morgan fingerprint density at radius 1 is 1.17 bits per heavy atom. The minimum atomic E-state index is -0.623. The van der Waals surface area contributed by atoms with E-state index >= 15 is 0 Å². The van der Waals surface area contributed by atoms with Gasteiger partial charge in [0.05, 0.1) is 0 Å². The van der Waals surface area contributed by atoms with Crippen LogP contribution in [0.1, 0.15) is 52.0 Å². The molecule has 1 aromatic carbocycles. The molecule has 0 saturated heterocycles. The van der Waals surface area contributed by atoms with Crippen LogP contribution in [0.15, 0.2) is 30.3 Å². The number of carbonyl (C=O) groups excluding carboxylic acids is 1. The van der Waals surface area contributed by atoms with Gasteiger partial charge < -0.3 is 0 Å². The zero-order chi connectivity index (χ0) is 13.4. The molecule has 0 aliphatic rings. The summed E-state index contributed by atoms with van der Waals surface area (Å²) in [6.45, 7) is 5.85. The molecule has 0 N–H and O–H groups in total. The Balaban J connectivity index is 2.40. The second kappa shape index (κ2) is 7.17. The van der Waals surface area contributed by atoms with Gasteiger partial charge in [0.25, 0.3) is 0 Å². The number of hydrogen-bond acceptors (Lipinski definition) is 3. The van der Waals surface area contributed by atoms with Gasteiger partial charge in [-0.2, -0.15) is 4.89 Å². The van der Waals surface area contributed by atoms with E-state index in [0.29, 0.717) is 6.42 Å². The highest BCUT2D eigenvalue weighted by molar-refractivity contribution is 5.68. The third kappa shape index (κ3) is 4.88. The molecule has 0 fully saturated rings. The molecule has 0 amide bonds. The Morgan fingerprint density at radius 3 is 2.44 bits per heavy atom. The second-order valence-electron chi connectivity index (χ2n) is 4.87. The Labute approximate surface area is 109 Å². The van der Waals surface area contributed by atoms with Gasteiger partial charge in [-0.25, -0.2) is 4.79 Å². The molecular weight excluding hydrogens is 228 g/mol. The van der Waals surface area contributed by atoms with E-state index in [1.807, 2.05) is 44.2 Å². The molecule has 0 aliphatic carbocycles. The molecule has 3 heteroatoms. The molecule has 0 spiro atoms. The highest BCUT2D eigenvalue weighted by Crippen LogP contribution is 2.24. The van der Waals surface area contributed by atoms with Crippen LogP contribution in [0, 0.1) is 0 Å². The summed E-state index contributed by atoms with van der Waals surface area (Å²) < 4.78 is 0. The molecule has 3 nitrogen and oxygen atoms in total. The first-order valence-electron chi connectivity index (χ1n) is 6.50. The molecule has 0 aliphatic heterocycles. The van der Waals surface area contributed by atoms with E-state index in [4.69, 9.17) is 9.78 Å². The standard InChI is InChI=1S/C15H22O3/c1-4-5-7-12-14(16)17-18-15(2,3)13-10-8-6-9-11-13/h6,8-11H,4-5,7,12H2,1-3H3. The number of benzene rings is 1. The largest absolute Gasteiger partial charge is 0.342 e. The maximum absolute atomic E-state index is 11.4. The normalized spacial score (nSPS) is 11.3. The predicted octanol–water partition coefficient (Wildman–Crippen LogP) is 3.98. The summed E-state index contributed by atoms with van der Waals surface area (Å²) in [4.78, 5) is 21.6. The van der Waals surface area contributed by atoms with Crippen molar-refractivity contribution in [1.29, 1.82) is 0 Å². The summed E-state index contributed by atoms with van der Waals surface area (Å²) in [5.74, 6) is -0.299. The maximum atomic E-state index is 11.4. The van der Waals surface area contributed by atoms with Crippen LogP contribution >= 0.6 is 0 Å². The van der Waals surface area contributed by atoms with E-state index in [0.717, 1.165) is 24.8 Å². The number of rotatable bonds is 7. The van der Waals surface area contributed by atoms with E-state index in [-0.39, 0.29) is 5.97 Å². The van der Waals surface area contributed by atoms with Crippen molar-refractivity contribution in [3.63, 3.8) is 0 Å². The molecule has 0 atom stereocenters. The Morgan fingerprint density at radius 2 is 1.83 bits per heavy atom. The van der Waals surface area contributed by atoms with Crippen LogP contribution in [0.25, 0.3) is 0 Å². The maximum Gasteiger partial charge on any atom is 0.342 e. The Bertz CT molecular complexity index is 357. The van der Waals surface area contributed by atoms with Crippen LogP contribution in [0.4, 0.5) is 0 Å². The average molecular weight is 250 g/mol. The van der Waals surface area contributed by atoms with Gasteiger partial charge >= 0.3 is 5.97 Å². The second-order valence-corrected chi connectivity index (χ2v) is 4.87. The zero-order valence-electron chi connectivity index (χ0n) is 11.4. The van der Waals surface area contributed by atoms with Crippen LogP contribution in [0.5, 0.6) is 0 Å². The van der Waals surface area contributed by atoms with Gasteiger partial charge in [-0.3, -0.25) is 4.89 Å². The van der Waals surface area contributed by atoms with Gasteiger partial charge in [-0.05, 0) is 25.8 Å². The summed E-state index contributed by atoms with van der Waals surface area (Å²) in [5, 5.41) is 0. The highest BCUT2D eigenvalue weighted by atomic mass is 17.2. The molecule has 0 heterocycles. The third-order valence-corrected chi connectivity index (χ3v) is 2.80. The molecule has 0 unspecified atom stereocenters. The van der Waals surface area contributed by atoms with Crippen molar-refractivity contribution in [1.82, 2.24) is 0 Å². The summed E-state index contributed by atoms with van der Waals surface area (Å²) >= 11 is 0. The van der Waals surface area contributed by atoms with Gasteiger partial charge in [-0.1, -0.05) is 50.1 Å². The van der Waals surface area contributed by atoms with Gasteiger partial charge in [0.2, 0.25) is 0 Å². The van der Waals surface area contributed by atoms with Crippen molar-refractivity contribution >= 4 is 5.97 Å². The van der Waals surface area contributed by atoms with Crippen LogP contribution in [-0.2, 0) is 20.2 Å². The molecule has 1 rings (SSSR count). The molecule has 100 valence electrons. The van der Waals surface area contributed by atoms with Crippen molar-refractivity contribution in [2.75, 3.05) is 0 Å². The number of carbonyl (C=O) groups is 1. The van der Waals surface area contributed by atoms with E-state index in [9.17, 15) is 4.79 Å². The lowest BCUT2D eigenvalue weighted by Gasteiger charge is -2.23. The van der Waals surface area contributed by atoms with E-state index in [1.165, 1.54) is 0 Å². The van der Waals surface area contributed by atoms with Crippen LogP contribution in [0.3, 0.4) is 0 Å². The average Bonchev–Trinajstić information content (AvgIpc) is 2.38. The summed E-state index contributed by atoms with van der Waals surface area (Å²) in [7, 11) is 0. The fraction of sp³-hybridized carbons (Fsp3) is 0.533. The minimum Gasteiger partial charge on any atom is -0.297 e. The van der Waals surface area contributed by atoms with Crippen molar-refractivity contribution in [2.45, 2.75) is 52.1 Å². The van der Waals surface area contributed by atoms with E-state index < -0.39 is 5.60 Å². The van der Waals surface area contributed by atoms with Crippen LogP contribution in [-0.4, -0.2) is 5.97 Å². The predicted molar refractivity (Wildman–Crippen MR) is 70.8 cm³/mol. The highest BCUT2D eigenvalue weighted by Gasteiger charge is 2.24. The summed E-state index contributed by atoms with van der Waals surface area (Å²) in [6.07, 6.45) is 3.39. The first kappa shape index (κ1) is 14.7. The number of unbranched alkanes of at least 4 members (excludes halogenated alkanes) is 2. The van der Waals surface area contributed by atoms with Crippen molar-refractivity contribution in [3.8, 4) is 0 Å². The van der Waals surface area contributed by atoms with Crippen LogP contribution < -0.4 is 0 Å². The minimum absolute atomic E-state index is 0.299. The Hall–Kier alpha value is -1.35. The molecule has 0 saturated carbocycles. The van der Waals surface area contributed by atoms with Crippen molar-refractivity contribution in [2.24, 2.45) is 0 Å². The smallest absolute Gasteiger partial charge is 0.297 e. The molecule has 0 aromatic heterocycles. The van der Waals surface area contributed by atoms with Gasteiger partial charge in [0.1, 0.15) is 5.60 Å². The van der Waals surface area contributed by atoms with Crippen molar-refractivity contribution in [3.05, 3.63) is 35.9 Å². The van der Waals surface area contributed by atoms with Gasteiger partial charge in [0.15, 0.2) is 0 Å². The molecule has 1 aromatic rings. The van der Waals surface area contributed by atoms with E-state index in [2.05, 4.69) is 6.92 Å². The molecular formula is C15H22O3. The first-order chi connectivity index (χ1) is 8.56. The lowest BCUT2D eigenvalue weighted by molar-refractivity contribution is -0.329. The fourth-order valence-electron chi connectivity index (χ4n) is 1.60. The fourth-order valence-corrected chi connectivity index (χ4v) is 1.60. The topological polar surface area (TPSA) is 35.5 Å². The summed E-state index contributed by atoms with van der Waals surface area (Å²) in [5.41, 5.74) is 0.355. The molecule has 0 bridgehead atoms. The molecule has 18 heavy (non-hydrogen) atoms. The summed E-state index contributed by atoms with van der Waals surface area (Å²) in [6, 6.07) is 9.71. The van der Waals surface area contributed by atoms with Crippen LogP contribution in [0.2, 0.25) is 0 Å². The lowest BCUT2D eigenvalue weighted by atomic mass is 9.99.